The zero-order chi connectivity index (χ0) is 12.1. The van der Waals surface area contributed by atoms with E-state index in [-0.39, 0.29) is 5.56 Å². The van der Waals surface area contributed by atoms with E-state index in [0.29, 0.717) is 28.9 Å². The van der Waals surface area contributed by atoms with Crippen LogP contribution in [0.2, 0.25) is 0 Å². The molecular formula is C10H14N2O3S. The topological polar surface area (TPSA) is 72.3 Å². The van der Waals surface area contributed by atoms with Crippen LogP contribution in [0, 0.1) is 6.92 Å². The molecule has 0 aliphatic carbocycles. The Morgan fingerprint density at radius 3 is 2.69 bits per heavy atom. The molecule has 0 atom stereocenters. The summed E-state index contributed by atoms with van der Waals surface area (Å²) in [4.78, 5) is 19.4. The van der Waals surface area contributed by atoms with E-state index in [1.165, 1.54) is 11.8 Å². The number of thioether (sulfide) groups is 1. The quantitative estimate of drug-likeness (QED) is 0.481. The molecule has 1 N–H and O–H groups in total. The second kappa shape index (κ2) is 5.81. The van der Waals surface area contributed by atoms with Crippen LogP contribution in [0.5, 0.6) is 0 Å². The zero-order valence-electron chi connectivity index (χ0n) is 9.48. The van der Waals surface area contributed by atoms with Gasteiger partial charge in [-0.05, 0) is 6.92 Å². The number of nitrogens with zero attached hydrogens (tertiary/aromatic N) is 2. The molecule has 0 amide bonds. The molecule has 16 heavy (non-hydrogen) atoms. The van der Waals surface area contributed by atoms with Crippen molar-refractivity contribution >= 4 is 17.7 Å². The molecule has 1 rings (SSSR count). The number of carboxylic acid groups (broad SMARTS) is 1. The first-order valence-corrected chi connectivity index (χ1v) is 5.81. The average Bonchev–Trinajstić information content (AvgIpc) is 2.24. The molecule has 0 fully saturated rings. The highest BCUT2D eigenvalue weighted by molar-refractivity contribution is 7.99. The number of aryl methyl sites for hydroxylation is 2. The van der Waals surface area contributed by atoms with E-state index in [1.807, 2.05) is 6.92 Å². The van der Waals surface area contributed by atoms with Crippen LogP contribution in [-0.2, 0) is 11.2 Å². The molecule has 0 spiro atoms. The van der Waals surface area contributed by atoms with Gasteiger partial charge in [-0.25, -0.2) is 14.8 Å². The average molecular weight is 242 g/mol. The molecule has 1 aromatic heterocycles. The van der Waals surface area contributed by atoms with Gasteiger partial charge in [-0.1, -0.05) is 18.7 Å². The van der Waals surface area contributed by atoms with Crippen molar-refractivity contribution in [2.75, 3.05) is 13.0 Å². The minimum absolute atomic E-state index is 0.166. The first-order valence-electron chi connectivity index (χ1n) is 4.82. The summed E-state index contributed by atoms with van der Waals surface area (Å²) < 4.78 is 4.90. The highest BCUT2D eigenvalue weighted by Gasteiger charge is 2.17. The summed E-state index contributed by atoms with van der Waals surface area (Å²) in [5.41, 5.74) is 0.664. The van der Waals surface area contributed by atoms with Crippen LogP contribution in [0.3, 0.4) is 0 Å². The molecule has 1 aromatic rings. The van der Waals surface area contributed by atoms with Crippen molar-refractivity contribution in [3.63, 3.8) is 0 Å². The Balaban J connectivity index is 3.17. The monoisotopic (exact) mass is 242 g/mol. The summed E-state index contributed by atoms with van der Waals surface area (Å²) in [7, 11) is 1.56. The van der Waals surface area contributed by atoms with Crippen molar-refractivity contribution in [2.45, 2.75) is 25.3 Å². The number of hydrogen-bond donors (Lipinski definition) is 1. The van der Waals surface area contributed by atoms with Gasteiger partial charge < -0.3 is 9.84 Å². The second-order valence-corrected chi connectivity index (χ2v) is 4.03. The molecule has 0 unspecified atom stereocenters. The number of ether oxygens (including phenoxy) is 1. The largest absolute Gasteiger partial charge is 0.478 e. The molecule has 0 radical (unpaired) electrons. The Labute approximate surface area is 98.3 Å². The summed E-state index contributed by atoms with van der Waals surface area (Å²) in [5.74, 6) is 0.0275. The summed E-state index contributed by atoms with van der Waals surface area (Å²) >= 11 is 1.26. The summed E-state index contributed by atoms with van der Waals surface area (Å²) in [6.45, 7) is 3.61. The van der Waals surface area contributed by atoms with Gasteiger partial charge in [0.15, 0.2) is 0 Å². The lowest BCUT2D eigenvalue weighted by atomic mass is 10.2. The molecule has 0 aliphatic heterocycles. The number of carbonyl (C=O) groups is 1. The van der Waals surface area contributed by atoms with Gasteiger partial charge in [0.05, 0.1) is 11.6 Å². The highest BCUT2D eigenvalue weighted by Crippen LogP contribution is 2.22. The standard InChI is InChI=1S/C10H14N2O3S/c1-4-7-11-6(2)8(10(13)14)9(12-7)16-5-15-3/h4-5H2,1-3H3,(H,13,14). The molecule has 0 bridgehead atoms. The fourth-order valence-electron chi connectivity index (χ4n) is 1.23. The zero-order valence-corrected chi connectivity index (χ0v) is 10.3. The lowest BCUT2D eigenvalue weighted by molar-refractivity contribution is 0.0690. The van der Waals surface area contributed by atoms with E-state index in [4.69, 9.17) is 9.84 Å². The first kappa shape index (κ1) is 12.9. The number of aromatic carboxylic acids is 1. The van der Waals surface area contributed by atoms with Crippen LogP contribution in [0.1, 0.15) is 28.8 Å². The van der Waals surface area contributed by atoms with Gasteiger partial charge in [-0.15, -0.1) is 0 Å². The van der Waals surface area contributed by atoms with Gasteiger partial charge in [-0.3, -0.25) is 0 Å². The molecule has 1 heterocycles. The molecule has 88 valence electrons. The fourth-order valence-corrected chi connectivity index (χ4v) is 2.00. The molecule has 5 nitrogen and oxygen atoms in total. The highest BCUT2D eigenvalue weighted by atomic mass is 32.2. The molecule has 0 saturated heterocycles. The van der Waals surface area contributed by atoms with Crippen molar-refractivity contribution in [2.24, 2.45) is 0 Å². The van der Waals surface area contributed by atoms with Crippen LogP contribution < -0.4 is 0 Å². The van der Waals surface area contributed by atoms with Crippen LogP contribution >= 0.6 is 11.8 Å². The Bertz CT molecular complexity index is 396. The number of carboxylic acids is 1. The van der Waals surface area contributed by atoms with Crippen molar-refractivity contribution in [3.8, 4) is 0 Å². The van der Waals surface area contributed by atoms with Crippen molar-refractivity contribution < 1.29 is 14.6 Å². The maximum atomic E-state index is 11.1. The van der Waals surface area contributed by atoms with Crippen LogP contribution in [0.4, 0.5) is 0 Å². The number of hydrogen-bond acceptors (Lipinski definition) is 5. The lowest BCUT2D eigenvalue weighted by Gasteiger charge is -2.08. The Kier molecular flexibility index (Phi) is 4.70. The molecule has 0 saturated carbocycles. The van der Waals surface area contributed by atoms with Gasteiger partial charge in [0.25, 0.3) is 0 Å². The van der Waals surface area contributed by atoms with Crippen molar-refractivity contribution in [1.29, 1.82) is 0 Å². The maximum Gasteiger partial charge on any atom is 0.340 e. The van der Waals surface area contributed by atoms with Crippen molar-refractivity contribution in [3.05, 3.63) is 17.1 Å². The van der Waals surface area contributed by atoms with Crippen LogP contribution in [-0.4, -0.2) is 34.1 Å². The smallest absolute Gasteiger partial charge is 0.340 e. The Hall–Kier alpha value is -1.14. The molecule has 6 heteroatoms. The summed E-state index contributed by atoms with van der Waals surface area (Å²) in [6, 6.07) is 0. The van der Waals surface area contributed by atoms with Gasteiger partial charge in [0.1, 0.15) is 16.4 Å². The number of rotatable bonds is 5. The third kappa shape index (κ3) is 2.93. The molecular weight excluding hydrogens is 228 g/mol. The molecule has 0 aliphatic rings. The summed E-state index contributed by atoms with van der Waals surface area (Å²) in [6.07, 6.45) is 0.682. The maximum absolute atomic E-state index is 11.1. The Morgan fingerprint density at radius 1 is 1.50 bits per heavy atom. The van der Waals surface area contributed by atoms with E-state index in [0.717, 1.165) is 0 Å². The summed E-state index contributed by atoms with van der Waals surface area (Å²) in [5, 5.41) is 9.55. The third-order valence-electron chi connectivity index (χ3n) is 1.95. The van der Waals surface area contributed by atoms with Crippen LogP contribution in [0.15, 0.2) is 5.03 Å². The Morgan fingerprint density at radius 2 is 2.19 bits per heavy atom. The second-order valence-electron chi connectivity index (χ2n) is 3.11. The number of methoxy groups -OCH3 is 1. The normalized spacial score (nSPS) is 10.4. The lowest BCUT2D eigenvalue weighted by Crippen LogP contribution is -2.09. The number of aromatic nitrogens is 2. The van der Waals surface area contributed by atoms with E-state index >= 15 is 0 Å². The predicted molar refractivity (Wildman–Crippen MR) is 60.8 cm³/mol. The van der Waals surface area contributed by atoms with E-state index in [9.17, 15) is 4.79 Å². The predicted octanol–water partition coefficient (Wildman–Crippen LogP) is 1.74. The van der Waals surface area contributed by atoms with Gasteiger partial charge >= 0.3 is 5.97 Å². The van der Waals surface area contributed by atoms with Gasteiger partial charge in [0.2, 0.25) is 0 Å². The SMILES string of the molecule is CCc1nc(C)c(C(=O)O)c(SCOC)n1. The minimum Gasteiger partial charge on any atom is -0.478 e. The minimum atomic E-state index is -1.00. The van der Waals surface area contributed by atoms with E-state index < -0.39 is 5.97 Å². The van der Waals surface area contributed by atoms with E-state index in [1.54, 1.807) is 14.0 Å². The first-order chi connectivity index (χ1) is 7.60. The van der Waals surface area contributed by atoms with Gasteiger partial charge in [0, 0.05) is 13.5 Å². The van der Waals surface area contributed by atoms with E-state index in [2.05, 4.69) is 9.97 Å². The molecule has 0 aromatic carbocycles. The van der Waals surface area contributed by atoms with Crippen molar-refractivity contribution in [1.82, 2.24) is 9.97 Å². The van der Waals surface area contributed by atoms with Gasteiger partial charge in [-0.2, -0.15) is 0 Å². The third-order valence-corrected chi connectivity index (χ3v) is 2.87. The van der Waals surface area contributed by atoms with Crippen LogP contribution in [0.25, 0.3) is 0 Å². The fraction of sp³-hybridized carbons (Fsp3) is 0.500.